The SMILES string of the molecule is CC(=O)C1CCC2(O)C3(O)CCC4CC(O)CCC4(C)C3C(O)C(O)C12C. The summed E-state index contributed by atoms with van der Waals surface area (Å²) in [4.78, 5) is 12.3. The minimum Gasteiger partial charge on any atom is -0.393 e. The Balaban J connectivity index is 1.85. The Hall–Kier alpha value is -0.530. The van der Waals surface area contributed by atoms with Crippen LogP contribution in [0.2, 0.25) is 0 Å². The molecular formula is C21H34O6. The normalized spacial score (nSPS) is 60.3. The summed E-state index contributed by atoms with van der Waals surface area (Å²) >= 11 is 0. The quantitative estimate of drug-likeness (QED) is 0.457. The lowest BCUT2D eigenvalue weighted by Gasteiger charge is -2.69. The monoisotopic (exact) mass is 382 g/mol. The van der Waals surface area contributed by atoms with Crippen molar-refractivity contribution in [1.29, 1.82) is 0 Å². The first kappa shape index (κ1) is 19.8. The minimum atomic E-state index is -1.62. The van der Waals surface area contributed by atoms with Crippen molar-refractivity contribution in [2.45, 2.75) is 95.2 Å². The van der Waals surface area contributed by atoms with Gasteiger partial charge in [0.2, 0.25) is 0 Å². The van der Waals surface area contributed by atoms with Gasteiger partial charge in [-0.25, -0.2) is 0 Å². The van der Waals surface area contributed by atoms with E-state index >= 15 is 0 Å². The van der Waals surface area contributed by atoms with Crippen molar-refractivity contribution in [3.8, 4) is 0 Å². The lowest BCUT2D eigenvalue weighted by molar-refractivity contribution is -0.346. The number of fused-ring (bicyclic) bond motifs is 5. The molecule has 0 bridgehead atoms. The number of Topliss-reactive ketones (excluding diaryl/α,β-unsaturated/α-hetero) is 1. The number of ketones is 1. The highest BCUT2D eigenvalue weighted by Crippen LogP contribution is 2.70. The topological polar surface area (TPSA) is 118 Å². The van der Waals surface area contributed by atoms with Crippen LogP contribution >= 0.6 is 0 Å². The maximum absolute atomic E-state index is 12.3. The average molecular weight is 382 g/mol. The van der Waals surface area contributed by atoms with Crippen LogP contribution < -0.4 is 0 Å². The molecule has 10 atom stereocenters. The van der Waals surface area contributed by atoms with Crippen molar-refractivity contribution in [2.75, 3.05) is 0 Å². The first-order valence-corrected chi connectivity index (χ1v) is 10.4. The zero-order valence-electron chi connectivity index (χ0n) is 16.6. The number of hydrogen-bond acceptors (Lipinski definition) is 6. The number of hydrogen-bond donors (Lipinski definition) is 5. The smallest absolute Gasteiger partial charge is 0.133 e. The van der Waals surface area contributed by atoms with E-state index in [0.29, 0.717) is 38.5 Å². The summed E-state index contributed by atoms with van der Waals surface area (Å²) in [5.74, 6) is -1.26. The average Bonchev–Trinajstić information content (AvgIpc) is 2.88. The third-order valence-corrected chi connectivity index (χ3v) is 9.50. The maximum atomic E-state index is 12.3. The molecule has 0 amide bonds. The van der Waals surface area contributed by atoms with Crippen LogP contribution in [0.3, 0.4) is 0 Å². The molecule has 0 heterocycles. The third kappa shape index (κ3) is 2.11. The largest absolute Gasteiger partial charge is 0.393 e. The predicted octanol–water partition coefficient (Wildman–Crippen LogP) is 0.767. The van der Waals surface area contributed by atoms with Gasteiger partial charge in [-0.2, -0.15) is 0 Å². The fraction of sp³-hybridized carbons (Fsp3) is 0.952. The van der Waals surface area contributed by atoms with Crippen molar-refractivity contribution in [3.05, 3.63) is 0 Å². The van der Waals surface area contributed by atoms with E-state index in [1.54, 1.807) is 6.92 Å². The first-order chi connectivity index (χ1) is 12.4. The van der Waals surface area contributed by atoms with Gasteiger partial charge in [0, 0.05) is 17.3 Å². The molecular weight excluding hydrogens is 348 g/mol. The van der Waals surface area contributed by atoms with Crippen LogP contribution in [-0.4, -0.2) is 60.8 Å². The standard InChI is InChI=1S/C21H34O6/c1-11(22)14-6-9-21(27)19(14,3)17(25)15(24)16-18(2)7-5-13(23)10-12(18)4-8-20(16,21)26/h12-17,23-27H,4-10H2,1-3H3. The Morgan fingerprint density at radius 2 is 1.63 bits per heavy atom. The number of carbonyl (C=O) groups excluding carboxylic acids is 1. The van der Waals surface area contributed by atoms with Gasteiger partial charge in [0.1, 0.15) is 11.4 Å². The van der Waals surface area contributed by atoms with Gasteiger partial charge in [-0.1, -0.05) is 13.8 Å². The summed E-state index contributed by atoms with van der Waals surface area (Å²) in [6.07, 6.45) is 0.590. The summed E-state index contributed by atoms with van der Waals surface area (Å²) in [6.45, 7) is 5.14. The van der Waals surface area contributed by atoms with Gasteiger partial charge in [0.05, 0.1) is 23.9 Å². The summed E-state index contributed by atoms with van der Waals surface area (Å²) in [5, 5.41) is 56.4. The van der Waals surface area contributed by atoms with Crippen molar-refractivity contribution in [2.24, 2.45) is 28.6 Å². The Bertz CT molecular complexity index is 653. The number of aliphatic hydroxyl groups excluding tert-OH is 3. The van der Waals surface area contributed by atoms with E-state index < -0.39 is 46.1 Å². The Kier molecular flexibility index (Phi) is 4.22. The van der Waals surface area contributed by atoms with E-state index in [9.17, 15) is 30.3 Å². The van der Waals surface area contributed by atoms with E-state index in [1.165, 1.54) is 6.92 Å². The van der Waals surface area contributed by atoms with E-state index in [0.717, 1.165) is 0 Å². The Labute approximate surface area is 160 Å². The molecule has 4 aliphatic carbocycles. The molecule has 154 valence electrons. The number of aliphatic hydroxyl groups is 5. The van der Waals surface area contributed by atoms with Crippen LogP contribution in [0, 0.1) is 28.6 Å². The van der Waals surface area contributed by atoms with Gasteiger partial charge < -0.3 is 25.5 Å². The second kappa shape index (κ2) is 5.76. The summed E-state index contributed by atoms with van der Waals surface area (Å²) in [6, 6.07) is 0. The molecule has 4 rings (SSSR count). The van der Waals surface area contributed by atoms with Crippen LogP contribution in [0.1, 0.15) is 65.7 Å². The number of rotatable bonds is 1. The zero-order chi connectivity index (χ0) is 20.0. The van der Waals surface area contributed by atoms with Crippen LogP contribution in [0.25, 0.3) is 0 Å². The summed E-state index contributed by atoms with van der Waals surface area (Å²) in [5.41, 5.74) is -4.93. The van der Waals surface area contributed by atoms with Crippen LogP contribution in [-0.2, 0) is 4.79 Å². The maximum Gasteiger partial charge on any atom is 0.133 e. The second-order valence-corrected chi connectivity index (χ2v) is 10.4. The second-order valence-electron chi connectivity index (χ2n) is 10.4. The lowest BCUT2D eigenvalue weighted by atomic mass is 9.40. The van der Waals surface area contributed by atoms with Crippen molar-refractivity contribution in [3.63, 3.8) is 0 Å². The molecule has 0 radical (unpaired) electrons. The molecule has 4 saturated carbocycles. The lowest BCUT2D eigenvalue weighted by Crippen LogP contribution is -2.80. The third-order valence-electron chi connectivity index (χ3n) is 9.50. The summed E-state index contributed by atoms with van der Waals surface area (Å²) < 4.78 is 0. The van der Waals surface area contributed by atoms with E-state index in [-0.39, 0.29) is 24.2 Å². The fourth-order valence-corrected chi connectivity index (χ4v) is 7.99. The molecule has 0 aromatic carbocycles. The Morgan fingerprint density at radius 1 is 0.963 bits per heavy atom. The van der Waals surface area contributed by atoms with Gasteiger partial charge in [-0.15, -0.1) is 0 Å². The van der Waals surface area contributed by atoms with E-state index in [2.05, 4.69) is 0 Å². The molecule has 4 aliphatic rings. The van der Waals surface area contributed by atoms with Gasteiger partial charge in [-0.3, -0.25) is 4.79 Å². The van der Waals surface area contributed by atoms with Crippen molar-refractivity contribution >= 4 is 5.78 Å². The molecule has 4 fully saturated rings. The highest BCUT2D eigenvalue weighted by Gasteiger charge is 2.79. The summed E-state index contributed by atoms with van der Waals surface area (Å²) in [7, 11) is 0. The fourth-order valence-electron chi connectivity index (χ4n) is 7.99. The van der Waals surface area contributed by atoms with Crippen LogP contribution in [0.15, 0.2) is 0 Å². The molecule has 6 nitrogen and oxygen atoms in total. The van der Waals surface area contributed by atoms with Crippen LogP contribution in [0.5, 0.6) is 0 Å². The molecule has 0 saturated heterocycles. The minimum absolute atomic E-state index is 0.123. The van der Waals surface area contributed by atoms with E-state index in [1.807, 2.05) is 6.92 Å². The Morgan fingerprint density at radius 3 is 2.26 bits per heavy atom. The van der Waals surface area contributed by atoms with E-state index in [4.69, 9.17) is 0 Å². The van der Waals surface area contributed by atoms with Crippen molar-refractivity contribution in [1.82, 2.24) is 0 Å². The molecule has 27 heavy (non-hydrogen) atoms. The predicted molar refractivity (Wildman–Crippen MR) is 97.6 cm³/mol. The molecule has 0 aromatic heterocycles. The van der Waals surface area contributed by atoms with Gasteiger partial charge in [-0.05, 0) is 63.2 Å². The molecule has 0 aliphatic heterocycles. The molecule has 0 spiro atoms. The molecule has 10 unspecified atom stereocenters. The highest BCUT2D eigenvalue weighted by atomic mass is 16.4. The molecule has 5 N–H and O–H groups in total. The first-order valence-electron chi connectivity index (χ1n) is 10.4. The molecule has 0 aromatic rings. The zero-order valence-corrected chi connectivity index (χ0v) is 16.6. The van der Waals surface area contributed by atoms with Gasteiger partial charge >= 0.3 is 0 Å². The van der Waals surface area contributed by atoms with Gasteiger partial charge in [0.15, 0.2) is 0 Å². The number of carbonyl (C=O) groups is 1. The highest BCUT2D eigenvalue weighted by molar-refractivity contribution is 5.80. The molecule has 6 heteroatoms. The van der Waals surface area contributed by atoms with Crippen LogP contribution in [0.4, 0.5) is 0 Å². The van der Waals surface area contributed by atoms with Gasteiger partial charge in [0.25, 0.3) is 0 Å². The van der Waals surface area contributed by atoms with Crippen molar-refractivity contribution < 1.29 is 30.3 Å².